The van der Waals surface area contributed by atoms with Gasteiger partial charge in [0.05, 0.1) is 12.1 Å². The molecular weight excluding hydrogens is 620 g/mol. The van der Waals surface area contributed by atoms with Gasteiger partial charge in [-0.3, -0.25) is 28.8 Å². The van der Waals surface area contributed by atoms with E-state index in [1.165, 1.54) is 30.2 Å². The van der Waals surface area contributed by atoms with Gasteiger partial charge in [-0.15, -0.1) is 11.3 Å². The fraction of sp³-hybridized carbons (Fsp3) is 0.412. The SMILES string of the molecule is CC(C)[C@H]1NC(=O)[C@@H](NC(=O)c2csc3ccccc23)CCCNC(=O)CN(C)C(=O)[C@H](Cc2ccccc2)NC(=O)[C@@H](C)NC1=O. The van der Waals surface area contributed by atoms with Crippen molar-refractivity contribution < 1.29 is 28.8 Å². The maximum absolute atomic E-state index is 13.6. The standard InChI is InChI=1S/C34H42N6O6S/c1-20(2)29-33(45)36-21(3)30(42)38-26(17-22-11-6-5-7-12-22)34(46)40(4)18-28(41)35-16-10-14-25(32(44)39-29)37-31(43)24-19-47-27-15-9-8-13-23(24)27/h5-9,11-13,15,19-21,25-26,29H,10,14,16-18H2,1-4H3,(H,35,41)(H,36,45)(H,37,43)(H,38,42)(H,39,44)/t21-,25+,26+,29-/m1/s1. The average Bonchev–Trinajstić information content (AvgIpc) is 3.48. The second-order valence-electron chi connectivity index (χ2n) is 12.1. The molecule has 12 nitrogen and oxygen atoms in total. The first-order valence-corrected chi connectivity index (χ1v) is 16.6. The highest BCUT2D eigenvalue weighted by molar-refractivity contribution is 7.17. The largest absolute Gasteiger partial charge is 0.355 e. The molecule has 6 amide bonds. The van der Waals surface area contributed by atoms with E-state index in [0.29, 0.717) is 12.0 Å². The number of carbonyl (C=O) groups excluding carboxylic acids is 6. The van der Waals surface area contributed by atoms with Crippen LogP contribution in [0.3, 0.4) is 0 Å². The topological polar surface area (TPSA) is 166 Å². The lowest BCUT2D eigenvalue weighted by molar-refractivity contribution is -0.139. The van der Waals surface area contributed by atoms with Gasteiger partial charge in [0.2, 0.25) is 29.5 Å². The number of amides is 6. The van der Waals surface area contributed by atoms with E-state index in [0.717, 1.165) is 15.6 Å². The summed E-state index contributed by atoms with van der Waals surface area (Å²) in [5.74, 6) is -3.43. The number of thiophene rings is 1. The van der Waals surface area contributed by atoms with Crippen LogP contribution in [0.5, 0.6) is 0 Å². The lowest BCUT2D eigenvalue weighted by Gasteiger charge is -2.28. The van der Waals surface area contributed by atoms with Crippen LogP contribution in [0.1, 0.15) is 49.5 Å². The van der Waals surface area contributed by atoms with Crippen LogP contribution in [0.15, 0.2) is 60.0 Å². The number of benzene rings is 2. The zero-order valence-corrected chi connectivity index (χ0v) is 27.8. The van der Waals surface area contributed by atoms with Crippen molar-refractivity contribution in [2.45, 2.75) is 64.2 Å². The predicted octanol–water partition coefficient (Wildman–Crippen LogP) is 1.74. The van der Waals surface area contributed by atoms with E-state index in [2.05, 4.69) is 26.6 Å². The summed E-state index contributed by atoms with van der Waals surface area (Å²) >= 11 is 1.42. The number of rotatable bonds is 5. The van der Waals surface area contributed by atoms with Crippen molar-refractivity contribution in [1.82, 2.24) is 31.5 Å². The molecular formula is C34H42N6O6S. The first kappa shape index (κ1) is 35.1. The van der Waals surface area contributed by atoms with Gasteiger partial charge in [-0.2, -0.15) is 0 Å². The molecule has 4 rings (SSSR count). The molecule has 1 aliphatic rings. The highest BCUT2D eigenvalue weighted by atomic mass is 32.1. The maximum atomic E-state index is 13.6. The van der Waals surface area contributed by atoms with Crippen molar-refractivity contribution in [2.24, 2.45) is 5.92 Å². The fourth-order valence-electron chi connectivity index (χ4n) is 5.31. The Balaban J connectivity index is 1.56. The molecule has 0 saturated carbocycles. The van der Waals surface area contributed by atoms with Crippen LogP contribution in [0.2, 0.25) is 0 Å². The molecule has 1 aliphatic heterocycles. The van der Waals surface area contributed by atoms with E-state index in [-0.39, 0.29) is 31.8 Å². The Bertz CT molecular complexity index is 1610. The second kappa shape index (κ2) is 16.2. The molecule has 250 valence electrons. The van der Waals surface area contributed by atoms with Gasteiger partial charge in [-0.25, -0.2) is 0 Å². The number of fused-ring (bicyclic) bond motifs is 1. The number of hydrogen-bond acceptors (Lipinski definition) is 7. The van der Waals surface area contributed by atoms with Gasteiger partial charge >= 0.3 is 0 Å². The molecule has 47 heavy (non-hydrogen) atoms. The van der Waals surface area contributed by atoms with Crippen molar-refractivity contribution in [3.63, 3.8) is 0 Å². The summed E-state index contributed by atoms with van der Waals surface area (Å²) in [5, 5.41) is 16.2. The van der Waals surface area contributed by atoms with Crippen LogP contribution >= 0.6 is 11.3 Å². The molecule has 3 aromatic rings. The summed E-state index contributed by atoms with van der Waals surface area (Å²) in [5.41, 5.74) is 1.24. The number of nitrogens with one attached hydrogen (secondary N) is 5. The van der Waals surface area contributed by atoms with Crippen LogP contribution in [-0.2, 0) is 30.4 Å². The molecule has 0 bridgehead atoms. The monoisotopic (exact) mass is 662 g/mol. The Hall–Kier alpha value is -4.78. The van der Waals surface area contributed by atoms with Gasteiger partial charge in [0, 0.05) is 35.5 Å². The summed E-state index contributed by atoms with van der Waals surface area (Å²) in [6.45, 7) is 4.92. The summed E-state index contributed by atoms with van der Waals surface area (Å²) < 4.78 is 0.930. The third kappa shape index (κ3) is 9.38. The minimum atomic E-state index is -1.05. The molecule has 0 unspecified atom stereocenters. The van der Waals surface area contributed by atoms with Crippen LogP contribution in [-0.4, -0.2) is 84.6 Å². The lowest BCUT2D eigenvalue weighted by Crippen LogP contribution is -2.59. The van der Waals surface area contributed by atoms with Gasteiger partial charge in [0.1, 0.15) is 24.2 Å². The normalized spacial score (nSPS) is 22.5. The van der Waals surface area contributed by atoms with Crippen molar-refractivity contribution in [3.05, 3.63) is 71.1 Å². The maximum Gasteiger partial charge on any atom is 0.253 e. The summed E-state index contributed by atoms with van der Waals surface area (Å²) in [7, 11) is 1.48. The highest BCUT2D eigenvalue weighted by Crippen LogP contribution is 2.25. The zero-order valence-electron chi connectivity index (χ0n) is 27.0. The van der Waals surface area contributed by atoms with Gasteiger partial charge in [0.15, 0.2) is 0 Å². The van der Waals surface area contributed by atoms with E-state index in [1.807, 2.05) is 54.6 Å². The third-order valence-corrected chi connectivity index (χ3v) is 8.96. The number of likely N-dealkylation sites (N-methyl/N-ethyl adjacent to an activating group) is 1. The third-order valence-electron chi connectivity index (χ3n) is 7.99. The molecule has 0 radical (unpaired) electrons. The smallest absolute Gasteiger partial charge is 0.253 e. The van der Waals surface area contributed by atoms with E-state index < -0.39 is 59.6 Å². The second-order valence-corrected chi connectivity index (χ2v) is 13.0. The molecule has 1 saturated heterocycles. The molecule has 2 heterocycles. The predicted molar refractivity (Wildman–Crippen MR) is 179 cm³/mol. The van der Waals surface area contributed by atoms with Gasteiger partial charge < -0.3 is 31.5 Å². The fourth-order valence-corrected chi connectivity index (χ4v) is 6.25. The van der Waals surface area contributed by atoms with E-state index in [4.69, 9.17) is 0 Å². The Labute approximate surface area is 278 Å². The van der Waals surface area contributed by atoms with Crippen molar-refractivity contribution in [2.75, 3.05) is 20.1 Å². The van der Waals surface area contributed by atoms with Crippen molar-refractivity contribution in [1.29, 1.82) is 0 Å². The van der Waals surface area contributed by atoms with Crippen molar-refractivity contribution >= 4 is 56.9 Å². The first-order chi connectivity index (χ1) is 22.4. The summed E-state index contributed by atoms with van der Waals surface area (Å²) in [6, 6.07) is 12.5. The van der Waals surface area contributed by atoms with Gasteiger partial charge in [0.25, 0.3) is 5.91 Å². The molecule has 13 heteroatoms. The van der Waals surface area contributed by atoms with Crippen LogP contribution < -0.4 is 26.6 Å². The summed E-state index contributed by atoms with van der Waals surface area (Å²) in [4.78, 5) is 81.2. The Morgan fingerprint density at radius 1 is 0.936 bits per heavy atom. The number of carbonyl (C=O) groups is 6. The van der Waals surface area contributed by atoms with E-state index in [1.54, 1.807) is 19.2 Å². The van der Waals surface area contributed by atoms with E-state index in [9.17, 15) is 28.8 Å². The van der Waals surface area contributed by atoms with Crippen LogP contribution in [0.25, 0.3) is 10.1 Å². The summed E-state index contributed by atoms with van der Waals surface area (Å²) in [6.07, 6.45) is 0.671. The molecule has 2 aromatic carbocycles. The minimum Gasteiger partial charge on any atom is -0.355 e. The average molecular weight is 663 g/mol. The van der Waals surface area contributed by atoms with E-state index >= 15 is 0 Å². The van der Waals surface area contributed by atoms with Crippen LogP contribution in [0, 0.1) is 5.92 Å². The lowest BCUT2D eigenvalue weighted by atomic mass is 10.0. The quantitative estimate of drug-likeness (QED) is 0.279. The number of nitrogens with zero attached hydrogens (tertiary/aromatic N) is 1. The molecule has 0 spiro atoms. The Morgan fingerprint density at radius 3 is 2.36 bits per heavy atom. The molecule has 1 aromatic heterocycles. The number of hydrogen-bond donors (Lipinski definition) is 5. The first-order valence-electron chi connectivity index (χ1n) is 15.7. The van der Waals surface area contributed by atoms with Crippen LogP contribution in [0.4, 0.5) is 0 Å². The zero-order chi connectivity index (χ0) is 34.1. The Kier molecular flexibility index (Phi) is 12.1. The highest BCUT2D eigenvalue weighted by Gasteiger charge is 2.32. The van der Waals surface area contributed by atoms with Crippen molar-refractivity contribution in [3.8, 4) is 0 Å². The van der Waals surface area contributed by atoms with Gasteiger partial charge in [-0.1, -0.05) is 62.4 Å². The molecule has 0 aliphatic carbocycles. The molecule has 5 N–H and O–H groups in total. The molecule has 1 fully saturated rings. The molecule has 4 atom stereocenters. The Morgan fingerprint density at radius 2 is 1.64 bits per heavy atom. The van der Waals surface area contributed by atoms with Gasteiger partial charge in [-0.05, 0) is 37.3 Å². The minimum absolute atomic E-state index is 0.166.